The number of nitrogens with zero attached hydrogens (tertiary/aromatic N) is 1. The first-order valence-corrected chi connectivity index (χ1v) is 11.0. The van der Waals surface area contributed by atoms with Gasteiger partial charge in [-0.2, -0.15) is 4.31 Å². The minimum absolute atomic E-state index is 0.151. The first-order chi connectivity index (χ1) is 13.4. The second-order valence-electron chi connectivity index (χ2n) is 7.64. The normalized spacial score (nSPS) is 19.3. The zero-order valence-electron chi connectivity index (χ0n) is 16.1. The van der Waals surface area contributed by atoms with Gasteiger partial charge in [0.15, 0.2) is 11.5 Å². The molecule has 6 nitrogen and oxygen atoms in total. The van der Waals surface area contributed by atoms with E-state index in [9.17, 15) is 8.42 Å². The molecule has 0 radical (unpaired) electrons. The Balaban J connectivity index is 1.45. The van der Waals surface area contributed by atoms with Crippen molar-refractivity contribution in [1.82, 2.24) is 4.31 Å². The molecule has 2 aliphatic heterocycles. The summed E-state index contributed by atoms with van der Waals surface area (Å²) in [6.45, 7) is 5.96. The predicted octanol–water partition coefficient (Wildman–Crippen LogP) is 3.63. The summed E-state index contributed by atoms with van der Waals surface area (Å²) in [5.41, 5.74) is 1.08. The third kappa shape index (κ3) is 3.82. The fourth-order valence-electron chi connectivity index (χ4n) is 3.51. The number of ether oxygens (including phenoxy) is 3. The molecule has 0 aliphatic carbocycles. The Kier molecular flexibility index (Phi) is 5.21. The van der Waals surface area contributed by atoms with Crippen LogP contribution in [0.3, 0.4) is 0 Å². The van der Waals surface area contributed by atoms with Crippen molar-refractivity contribution in [3.63, 3.8) is 0 Å². The number of fused-ring (bicyclic) bond motifs is 1. The van der Waals surface area contributed by atoms with Gasteiger partial charge in [0, 0.05) is 13.1 Å². The largest absolute Gasteiger partial charge is 0.493 e. The van der Waals surface area contributed by atoms with Gasteiger partial charge in [-0.15, -0.1) is 0 Å². The topological polar surface area (TPSA) is 65.1 Å². The molecule has 1 saturated heterocycles. The van der Waals surface area contributed by atoms with E-state index in [0.717, 1.165) is 23.5 Å². The Bertz CT molecular complexity index is 940. The summed E-state index contributed by atoms with van der Waals surface area (Å²) in [4.78, 5) is 0.302. The van der Waals surface area contributed by atoms with E-state index in [2.05, 4.69) is 13.8 Å². The zero-order valence-corrected chi connectivity index (χ0v) is 16.9. The van der Waals surface area contributed by atoms with Crippen LogP contribution >= 0.6 is 0 Å². The van der Waals surface area contributed by atoms with Crippen LogP contribution in [0.2, 0.25) is 0 Å². The molecule has 1 unspecified atom stereocenters. The Labute approximate surface area is 166 Å². The highest BCUT2D eigenvalue weighted by Gasteiger charge is 2.33. The maximum atomic E-state index is 13.0. The molecule has 2 heterocycles. The molecule has 0 saturated carbocycles. The monoisotopic (exact) mass is 403 g/mol. The molecule has 2 aromatic rings. The summed E-state index contributed by atoms with van der Waals surface area (Å²) < 4.78 is 44.0. The van der Waals surface area contributed by atoms with E-state index >= 15 is 0 Å². The van der Waals surface area contributed by atoms with Crippen LogP contribution in [0.25, 0.3) is 0 Å². The quantitative estimate of drug-likeness (QED) is 0.737. The van der Waals surface area contributed by atoms with E-state index in [1.54, 1.807) is 28.6 Å². The molecule has 28 heavy (non-hydrogen) atoms. The minimum atomic E-state index is -3.52. The highest BCUT2D eigenvalue weighted by Crippen LogP contribution is 2.38. The van der Waals surface area contributed by atoms with Gasteiger partial charge in [-0.3, -0.25) is 0 Å². The second kappa shape index (κ2) is 7.64. The number of rotatable bonds is 6. The number of hydrogen-bond acceptors (Lipinski definition) is 5. The Hall–Kier alpha value is -2.25. The first-order valence-electron chi connectivity index (χ1n) is 9.56. The van der Waals surface area contributed by atoms with Crippen molar-refractivity contribution in [2.45, 2.75) is 31.1 Å². The van der Waals surface area contributed by atoms with Gasteiger partial charge in [0.05, 0.1) is 11.5 Å². The molecule has 1 atom stereocenters. The fraction of sp³-hybridized carbons (Fsp3) is 0.429. The van der Waals surface area contributed by atoms with Crippen molar-refractivity contribution < 1.29 is 22.6 Å². The molecule has 7 heteroatoms. The van der Waals surface area contributed by atoms with E-state index in [-0.39, 0.29) is 12.7 Å². The minimum Gasteiger partial charge on any atom is -0.493 e. The highest BCUT2D eigenvalue weighted by atomic mass is 32.2. The lowest BCUT2D eigenvalue weighted by Gasteiger charge is -2.17. The third-order valence-corrected chi connectivity index (χ3v) is 6.94. The average Bonchev–Trinajstić information content (AvgIpc) is 3.35. The maximum Gasteiger partial charge on any atom is 0.243 e. The Morgan fingerprint density at radius 1 is 1.11 bits per heavy atom. The molecular weight excluding hydrogens is 378 g/mol. The average molecular weight is 404 g/mol. The van der Waals surface area contributed by atoms with Crippen LogP contribution in [-0.2, 0) is 10.0 Å². The van der Waals surface area contributed by atoms with Crippen LogP contribution < -0.4 is 14.2 Å². The lowest BCUT2D eigenvalue weighted by atomic mass is 9.98. The summed E-state index contributed by atoms with van der Waals surface area (Å²) in [6.07, 6.45) is 0.786. The molecule has 4 rings (SSSR count). The van der Waals surface area contributed by atoms with Crippen LogP contribution in [0.4, 0.5) is 0 Å². The van der Waals surface area contributed by atoms with E-state index in [1.807, 2.05) is 18.2 Å². The SMILES string of the molecule is CC(C)COc1ccc(S(=O)(=O)N2CCC(c3ccc4c(c3)OCO4)C2)cc1. The molecule has 150 valence electrons. The highest BCUT2D eigenvalue weighted by molar-refractivity contribution is 7.89. The molecular formula is C21H25NO5S. The summed E-state index contributed by atoms with van der Waals surface area (Å²) in [5.74, 6) is 2.73. The molecule has 0 N–H and O–H groups in total. The van der Waals surface area contributed by atoms with Crippen LogP contribution in [0, 0.1) is 5.92 Å². The van der Waals surface area contributed by atoms with Crippen molar-refractivity contribution in [3.05, 3.63) is 48.0 Å². The van der Waals surface area contributed by atoms with Crippen molar-refractivity contribution in [3.8, 4) is 17.2 Å². The van der Waals surface area contributed by atoms with E-state index in [0.29, 0.717) is 36.3 Å². The third-order valence-electron chi connectivity index (χ3n) is 5.06. The van der Waals surface area contributed by atoms with Gasteiger partial charge in [0.2, 0.25) is 16.8 Å². The smallest absolute Gasteiger partial charge is 0.243 e. The molecule has 0 spiro atoms. The summed E-state index contributed by atoms with van der Waals surface area (Å²) in [5, 5.41) is 0. The van der Waals surface area contributed by atoms with Crippen LogP contribution in [0.1, 0.15) is 31.7 Å². The standard InChI is InChI=1S/C21H25NO5S/c1-15(2)13-25-18-4-6-19(7-5-18)28(23,24)22-10-9-17(12-22)16-3-8-20-21(11-16)27-14-26-20/h3-8,11,15,17H,9-10,12-14H2,1-2H3. The van der Waals surface area contributed by atoms with Crippen molar-refractivity contribution in [1.29, 1.82) is 0 Å². The summed E-state index contributed by atoms with van der Waals surface area (Å²) in [7, 11) is -3.52. The van der Waals surface area contributed by atoms with Crippen molar-refractivity contribution in [2.75, 3.05) is 26.5 Å². The lowest BCUT2D eigenvalue weighted by molar-refractivity contribution is 0.174. The maximum absolute atomic E-state index is 13.0. The fourth-order valence-corrected chi connectivity index (χ4v) is 5.01. The molecule has 0 amide bonds. The zero-order chi connectivity index (χ0) is 19.7. The van der Waals surface area contributed by atoms with Crippen molar-refractivity contribution in [2.24, 2.45) is 5.92 Å². The van der Waals surface area contributed by atoms with Gasteiger partial charge in [-0.25, -0.2) is 8.42 Å². The molecule has 0 bridgehead atoms. The molecule has 0 aromatic heterocycles. The molecule has 1 fully saturated rings. The summed E-state index contributed by atoms with van der Waals surface area (Å²) in [6, 6.07) is 12.5. The number of benzene rings is 2. The molecule has 2 aromatic carbocycles. The van der Waals surface area contributed by atoms with Crippen molar-refractivity contribution >= 4 is 10.0 Å². The second-order valence-corrected chi connectivity index (χ2v) is 9.58. The number of hydrogen-bond donors (Lipinski definition) is 0. The van der Waals surface area contributed by atoms with Crippen LogP contribution in [0.15, 0.2) is 47.4 Å². The first kappa shape index (κ1) is 19.1. The van der Waals surface area contributed by atoms with Crippen LogP contribution in [0.5, 0.6) is 17.2 Å². The summed E-state index contributed by atoms with van der Waals surface area (Å²) >= 11 is 0. The number of sulfonamides is 1. The van der Waals surface area contributed by atoms with E-state index in [1.165, 1.54) is 0 Å². The Morgan fingerprint density at radius 2 is 1.86 bits per heavy atom. The van der Waals surface area contributed by atoms with Gasteiger partial charge in [-0.05, 0) is 60.2 Å². The van der Waals surface area contributed by atoms with Gasteiger partial charge in [0.1, 0.15) is 5.75 Å². The van der Waals surface area contributed by atoms with E-state index < -0.39 is 10.0 Å². The van der Waals surface area contributed by atoms with E-state index in [4.69, 9.17) is 14.2 Å². The van der Waals surface area contributed by atoms with Gasteiger partial charge >= 0.3 is 0 Å². The van der Waals surface area contributed by atoms with Gasteiger partial charge in [0.25, 0.3) is 0 Å². The van der Waals surface area contributed by atoms with Gasteiger partial charge in [-0.1, -0.05) is 19.9 Å². The predicted molar refractivity (Wildman–Crippen MR) is 105 cm³/mol. The van der Waals surface area contributed by atoms with Gasteiger partial charge < -0.3 is 14.2 Å². The lowest BCUT2D eigenvalue weighted by Crippen LogP contribution is -2.28. The van der Waals surface area contributed by atoms with Crippen LogP contribution in [-0.4, -0.2) is 39.2 Å². The molecule has 2 aliphatic rings. The Morgan fingerprint density at radius 3 is 2.61 bits per heavy atom.